The van der Waals surface area contributed by atoms with Crippen molar-refractivity contribution >= 4 is 98.1 Å². The van der Waals surface area contributed by atoms with Crippen molar-refractivity contribution < 1.29 is 8.39 Å². The zero-order valence-corrected chi connectivity index (χ0v) is 27.7. The Hall–Kier alpha value is -3.14. The first kappa shape index (κ1) is 29.6. The Kier molecular flexibility index (Phi) is 8.05. The fraction of sp³-hybridized carbons (Fsp3) is 0.111. The van der Waals surface area contributed by atoms with Crippen molar-refractivity contribution in [3.8, 4) is 0 Å². The van der Waals surface area contributed by atoms with Crippen molar-refractivity contribution in [1.29, 1.82) is 0 Å². The van der Waals surface area contributed by atoms with E-state index in [0.29, 0.717) is 42.0 Å². The molecule has 0 aliphatic heterocycles. The first-order valence-corrected chi connectivity index (χ1v) is 16.8. The van der Waals surface area contributed by atoms with Crippen molar-refractivity contribution in [1.82, 2.24) is 0 Å². The van der Waals surface area contributed by atoms with Crippen molar-refractivity contribution in [2.24, 2.45) is 0 Å². The van der Waals surface area contributed by atoms with Crippen molar-refractivity contribution in [2.45, 2.75) is 25.9 Å². The van der Waals surface area contributed by atoms with Crippen molar-refractivity contribution in [3.05, 3.63) is 140 Å². The molecule has 0 aliphatic carbocycles. The monoisotopic (exact) mass is 675 g/mol. The Balaban J connectivity index is 1.51. The molecule has 0 amide bonds. The summed E-state index contributed by atoms with van der Waals surface area (Å²) in [5.41, 5.74) is 3.20. The third-order valence-electron chi connectivity index (χ3n) is 8.14. The summed E-state index contributed by atoms with van der Waals surface area (Å²) in [6, 6.07) is 36.5. The molecule has 1 aromatic heterocycles. The van der Waals surface area contributed by atoms with E-state index in [9.17, 15) is 0 Å². The van der Waals surface area contributed by atoms with Crippen LogP contribution in [0.15, 0.2) is 118 Å². The number of nitrogens with zero attached hydrogens (tertiary/aromatic N) is 1. The predicted octanol–water partition coefficient (Wildman–Crippen LogP) is 13.7. The molecule has 1 heterocycles. The summed E-state index contributed by atoms with van der Waals surface area (Å²) in [7, 11) is -1.82. The molecule has 0 saturated carbocycles. The van der Waals surface area contributed by atoms with E-state index in [-0.39, 0.29) is 12.1 Å². The van der Waals surface area contributed by atoms with E-state index in [0.717, 1.165) is 21.9 Å². The lowest BCUT2D eigenvalue weighted by Gasteiger charge is -2.32. The topological polar surface area (TPSA) is 29.5 Å². The molecule has 8 heteroatoms. The highest BCUT2D eigenvalue weighted by Crippen LogP contribution is 2.49. The minimum atomic E-state index is -1.82. The van der Waals surface area contributed by atoms with Gasteiger partial charge >= 0.3 is 8.16 Å². The first-order chi connectivity index (χ1) is 21.3. The maximum atomic E-state index is 6.82. The molecule has 0 fully saturated rings. The molecular weight excluding hydrogens is 651 g/mol. The molecule has 0 spiro atoms. The Labute approximate surface area is 276 Å². The van der Waals surface area contributed by atoms with Crippen LogP contribution >= 0.6 is 54.6 Å². The smallest absolute Gasteiger partial charge is 0.310 e. The summed E-state index contributed by atoms with van der Waals surface area (Å²) >= 11 is 26.6. The number of benzene rings is 6. The van der Waals surface area contributed by atoms with Gasteiger partial charge in [0.25, 0.3) is 0 Å². The Morgan fingerprint density at radius 1 is 0.523 bits per heavy atom. The fourth-order valence-corrected chi connectivity index (χ4v) is 8.77. The number of hydrogen-bond acceptors (Lipinski definition) is 3. The number of halogens is 4. The van der Waals surface area contributed by atoms with Gasteiger partial charge in [0.2, 0.25) is 0 Å². The summed E-state index contributed by atoms with van der Waals surface area (Å²) in [4.78, 5) is 0. The molecule has 0 N–H and O–H groups in total. The summed E-state index contributed by atoms with van der Waals surface area (Å²) < 4.78 is 15.9. The van der Waals surface area contributed by atoms with Crippen LogP contribution in [0.4, 0.5) is 0 Å². The quantitative estimate of drug-likeness (QED) is 0.182. The lowest BCUT2D eigenvalue weighted by molar-refractivity contribution is 0.559. The van der Waals surface area contributed by atoms with Gasteiger partial charge in [-0.05, 0) is 82.9 Å². The van der Waals surface area contributed by atoms with E-state index in [1.54, 1.807) is 24.3 Å². The van der Waals surface area contributed by atoms with Crippen LogP contribution < -0.4 is 4.67 Å². The second kappa shape index (κ2) is 12.0. The standard InChI is InChI=1S/C36H26Cl4NO2P/c1-21(25-13-11-23-7-3-5-9-27(23)15-25)41(22(2)26-14-12-24-8-4-6-10-28(24)16-26)44-42-35-31(17-29(37)19-33(35)39)32-18-30(38)20-34(40)36(32)43-44/h3-22H,1-2H3/t21-,22-/m1/s1. The van der Waals surface area contributed by atoms with E-state index in [4.69, 9.17) is 54.8 Å². The lowest BCUT2D eigenvalue weighted by atomic mass is 9.99. The Bertz CT molecular complexity index is 2090. The summed E-state index contributed by atoms with van der Waals surface area (Å²) in [6.45, 7) is 4.35. The maximum Gasteiger partial charge on any atom is 0.310 e. The van der Waals surface area contributed by atoms with Gasteiger partial charge in [0, 0.05) is 32.9 Å². The second-order valence-corrected chi connectivity index (χ2v) is 13.9. The van der Waals surface area contributed by atoms with E-state index in [1.165, 1.54) is 10.8 Å². The fourth-order valence-electron chi connectivity index (χ4n) is 5.83. The Morgan fingerprint density at radius 3 is 1.36 bits per heavy atom. The van der Waals surface area contributed by atoms with Gasteiger partial charge in [0.05, 0.1) is 10.0 Å². The maximum absolute atomic E-state index is 6.82. The van der Waals surface area contributed by atoms with E-state index in [2.05, 4.69) is 103 Å². The number of rotatable bonds is 5. The SMILES string of the molecule is C[C@H](c1ccc2ccccc2c1)N([C@H](C)c1ccc2ccccc2c1)p1oc2c(Cl)cc(Cl)cc2c2cc(Cl)cc(Cl)c2o1. The molecule has 6 aromatic carbocycles. The third kappa shape index (κ3) is 5.48. The molecule has 220 valence electrons. The molecule has 0 saturated heterocycles. The van der Waals surface area contributed by atoms with E-state index < -0.39 is 8.16 Å². The van der Waals surface area contributed by atoms with Crippen LogP contribution in [-0.4, -0.2) is 0 Å². The van der Waals surface area contributed by atoms with Gasteiger partial charge < -0.3 is 8.39 Å². The molecular formula is C36H26Cl4NO2P. The van der Waals surface area contributed by atoms with Crippen LogP contribution in [0.5, 0.6) is 0 Å². The molecule has 0 bridgehead atoms. The van der Waals surface area contributed by atoms with Crippen LogP contribution in [0.1, 0.15) is 37.1 Å². The van der Waals surface area contributed by atoms with Crippen LogP contribution in [0, 0.1) is 0 Å². The van der Waals surface area contributed by atoms with Gasteiger partial charge in [0.15, 0.2) is 11.2 Å². The zero-order chi connectivity index (χ0) is 30.5. The number of fused-ring (bicyclic) bond motifs is 5. The number of hydrogen-bond donors (Lipinski definition) is 0. The normalized spacial score (nSPS) is 13.2. The van der Waals surface area contributed by atoms with Gasteiger partial charge in [-0.1, -0.05) is 119 Å². The van der Waals surface area contributed by atoms with Crippen LogP contribution in [0.25, 0.3) is 43.5 Å². The molecule has 3 nitrogen and oxygen atoms in total. The first-order valence-electron chi connectivity index (χ1n) is 14.2. The molecule has 2 atom stereocenters. The highest BCUT2D eigenvalue weighted by Gasteiger charge is 2.30. The van der Waals surface area contributed by atoms with E-state index >= 15 is 0 Å². The Morgan fingerprint density at radius 2 is 0.932 bits per heavy atom. The zero-order valence-electron chi connectivity index (χ0n) is 23.8. The summed E-state index contributed by atoms with van der Waals surface area (Å²) in [5, 5.41) is 7.72. The van der Waals surface area contributed by atoms with Gasteiger partial charge in [0.1, 0.15) is 0 Å². The van der Waals surface area contributed by atoms with Crippen LogP contribution in [0.3, 0.4) is 0 Å². The lowest BCUT2D eigenvalue weighted by Crippen LogP contribution is -2.27. The van der Waals surface area contributed by atoms with E-state index in [1.807, 2.05) is 0 Å². The average molecular weight is 677 g/mol. The largest absolute Gasteiger partial charge is 0.406 e. The van der Waals surface area contributed by atoms with Crippen molar-refractivity contribution in [2.75, 3.05) is 4.67 Å². The second-order valence-electron chi connectivity index (χ2n) is 10.9. The molecule has 0 aliphatic rings. The molecule has 44 heavy (non-hydrogen) atoms. The van der Waals surface area contributed by atoms with Crippen molar-refractivity contribution in [3.63, 3.8) is 0 Å². The van der Waals surface area contributed by atoms with Gasteiger partial charge in [-0.15, -0.1) is 0 Å². The summed E-state index contributed by atoms with van der Waals surface area (Å²) in [5.74, 6) is 0. The predicted molar refractivity (Wildman–Crippen MR) is 189 cm³/mol. The minimum Gasteiger partial charge on any atom is -0.406 e. The third-order valence-corrected chi connectivity index (χ3v) is 10.9. The highest BCUT2D eigenvalue weighted by atomic mass is 35.5. The molecule has 7 rings (SSSR count). The average Bonchev–Trinajstić information content (AvgIpc) is 3.18. The van der Waals surface area contributed by atoms with Gasteiger partial charge in [-0.25, -0.2) is 0 Å². The minimum absolute atomic E-state index is 0.130. The molecule has 7 aromatic rings. The van der Waals surface area contributed by atoms with Gasteiger partial charge in [-0.3, -0.25) is 0 Å². The molecule has 0 unspecified atom stereocenters. The van der Waals surface area contributed by atoms with Crippen LogP contribution in [-0.2, 0) is 0 Å². The summed E-state index contributed by atoms with van der Waals surface area (Å²) in [6.07, 6.45) is 0. The van der Waals surface area contributed by atoms with Gasteiger partial charge in [-0.2, -0.15) is 4.67 Å². The molecule has 0 radical (unpaired) electrons. The van der Waals surface area contributed by atoms with Crippen LogP contribution in [0.2, 0.25) is 20.1 Å². The highest BCUT2D eigenvalue weighted by molar-refractivity contribution is 7.39.